The zero-order valence-electron chi connectivity index (χ0n) is 19.0. The third-order valence-electron chi connectivity index (χ3n) is 6.31. The predicted octanol–water partition coefficient (Wildman–Crippen LogP) is 6.46. The lowest BCUT2D eigenvalue weighted by Gasteiger charge is -2.29. The number of hydrogen-bond donors (Lipinski definition) is 2. The Labute approximate surface area is 210 Å². The molecule has 2 N–H and O–H groups in total. The van der Waals surface area contributed by atoms with E-state index in [0.717, 1.165) is 54.6 Å². The molecule has 0 bridgehead atoms. The first-order valence-corrected chi connectivity index (χ1v) is 12.6. The minimum absolute atomic E-state index is 0.404. The second kappa shape index (κ2) is 11.1. The van der Waals surface area contributed by atoms with Crippen LogP contribution in [0.5, 0.6) is 0 Å². The molecule has 4 rings (SSSR count). The van der Waals surface area contributed by atoms with Crippen LogP contribution in [-0.2, 0) is 6.42 Å². The Bertz CT molecular complexity index is 1100. The Balaban J connectivity index is 1.26. The fourth-order valence-electron chi connectivity index (χ4n) is 4.48. The van der Waals surface area contributed by atoms with Gasteiger partial charge in [-0.25, -0.2) is 4.98 Å². The van der Waals surface area contributed by atoms with Gasteiger partial charge >= 0.3 is 0 Å². The molecule has 0 unspecified atom stereocenters. The quantitative estimate of drug-likeness (QED) is 0.271. The van der Waals surface area contributed by atoms with Gasteiger partial charge < -0.3 is 15.5 Å². The number of rotatable bonds is 8. The number of benzene rings is 2. The highest BCUT2D eigenvalue weighted by Gasteiger charge is 2.22. The van der Waals surface area contributed by atoms with E-state index in [0.29, 0.717) is 33.0 Å². The Morgan fingerprint density at radius 2 is 1.67 bits per heavy atom. The van der Waals surface area contributed by atoms with Crippen molar-refractivity contribution in [3.8, 4) is 0 Å². The van der Waals surface area contributed by atoms with Crippen LogP contribution in [0.4, 0.5) is 11.8 Å². The van der Waals surface area contributed by atoms with Gasteiger partial charge in [0.1, 0.15) is 5.82 Å². The van der Waals surface area contributed by atoms with Gasteiger partial charge in [0.25, 0.3) is 0 Å². The van der Waals surface area contributed by atoms with E-state index in [9.17, 15) is 0 Å². The Morgan fingerprint density at radius 1 is 0.939 bits per heavy atom. The molecule has 1 aliphatic carbocycles. The number of halogens is 3. The van der Waals surface area contributed by atoms with Gasteiger partial charge in [0.05, 0.1) is 15.6 Å². The standard InChI is InChI=1S/C25H30Cl3N5/c1-33(2)24-19-5-3-4-6-22(19)31-25(32-24)30-17-9-7-16(8-10-17)15-29-14-13-18-20(26)11-12-21(27)23(18)28/h3-6,11-12,16-17,29H,7-10,13-15H2,1-2H3,(H,30,31,32)/t16-,17+. The monoisotopic (exact) mass is 505 g/mol. The van der Waals surface area contributed by atoms with Gasteiger partial charge in [-0.05, 0) is 80.9 Å². The Kier molecular flexibility index (Phi) is 8.18. The molecule has 1 saturated carbocycles. The highest BCUT2D eigenvalue weighted by molar-refractivity contribution is 6.44. The van der Waals surface area contributed by atoms with E-state index in [4.69, 9.17) is 44.8 Å². The van der Waals surface area contributed by atoms with E-state index in [1.807, 2.05) is 37.2 Å². The number of para-hydroxylation sites is 1. The largest absolute Gasteiger partial charge is 0.362 e. The fourth-order valence-corrected chi connectivity index (χ4v) is 5.21. The van der Waals surface area contributed by atoms with Gasteiger partial charge in [0, 0.05) is 30.5 Å². The lowest BCUT2D eigenvalue weighted by molar-refractivity contribution is 0.325. The van der Waals surface area contributed by atoms with Gasteiger partial charge in [0.2, 0.25) is 5.95 Å². The average Bonchev–Trinajstić information content (AvgIpc) is 2.81. The highest BCUT2D eigenvalue weighted by Crippen LogP contribution is 2.32. The minimum Gasteiger partial charge on any atom is -0.362 e. The van der Waals surface area contributed by atoms with Crippen molar-refractivity contribution in [2.24, 2.45) is 5.92 Å². The Morgan fingerprint density at radius 3 is 2.42 bits per heavy atom. The first-order valence-electron chi connectivity index (χ1n) is 11.5. The predicted molar refractivity (Wildman–Crippen MR) is 141 cm³/mol. The van der Waals surface area contributed by atoms with Crippen LogP contribution in [0, 0.1) is 5.92 Å². The van der Waals surface area contributed by atoms with Crippen LogP contribution < -0.4 is 15.5 Å². The summed E-state index contributed by atoms with van der Waals surface area (Å²) >= 11 is 18.7. The summed E-state index contributed by atoms with van der Waals surface area (Å²) in [5.41, 5.74) is 1.88. The van der Waals surface area contributed by atoms with Gasteiger partial charge in [-0.2, -0.15) is 4.98 Å². The molecule has 1 fully saturated rings. The maximum Gasteiger partial charge on any atom is 0.225 e. The van der Waals surface area contributed by atoms with Crippen LogP contribution >= 0.6 is 34.8 Å². The zero-order chi connectivity index (χ0) is 23.4. The summed E-state index contributed by atoms with van der Waals surface area (Å²) in [6.45, 7) is 1.83. The molecule has 3 aromatic rings. The van der Waals surface area contributed by atoms with Crippen molar-refractivity contribution in [1.82, 2.24) is 15.3 Å². The number of nitrogens with zero attached hydrogens (tertiary/aromatic N) is 3. The lowest BCUT2D eigenvalue weighted by atomic mass is 9.86. The van der Waals surface area contributed by atoms with Crippen molar-refractivity contribution in [2.45, 2.75) is 38.1 Å². The van der Waals surface area contributed by atoms with Crippen molar-refractivity contribution in [1.29, 1.82) is 0 Å². The van der Waals surface area contributed by atoms with Crippen molar-refractivity contribution in [2.75, 3.05) is 37.4 Å². The zero-order valence-corrected chi connectivity index (χ0v) is 21.3. The number of nitrogens with one attached hydrogen (secondary N) is 2. The maximum atomic E-state index is 6.30. The smallest absolute Gasteiger partial charge is 0.225 e. The number of anilines is 2. The molecular weight excluding hydrogens is 477 g/mol. The van der Waals surface area contributed by atoms with E-state index >= 15 is 0 Å². The van der Waals surface area contributed by atoms with Crippen molar-refractivity contribution in [3.05, 3.63) is 57.0 Å². The first-order chi connectivity index (χ1) is 15.9. The third kappa shape index (κ3) is 6.02. The van der Waals surface area contributed by atoms with Crippen molar-refractivity contribution >= 4 is 57.5 Å². The summed E-state index contributed by atoms with van der Waals surface area (Å²) in [6.07, 6.45) is 5.36. The molecule has 1 aromatic heterocycles. The van der Waals surface area contributed by atoms with E-state index in [-0.39, 0.29) is 0 Å². The van der Waals surface area contributed by atoms with Crippen LogP contribution in [0.1, 0.15) is 31.2 Å². The molecule has 0 saturated heterocycles. The van der Waals surface area contributed by atoms with E-state index in [2.05, 4.69) is 16.7 Å². The summed E-state index contributed by atoms with van der Waals surface area (Å²) in [5, 5.41) is 10.0. The summed E-state index contributed by atoms with van der Waals surface area (Å²) in [5.74, 6) is 2.33. The molecule has 33 heavy (non-hydrogen) atoms. The highest BCUT2D eigenvalue weighted by atomic mass is 35.5. The third-order valence-corrected chi connectivity index (χ3v) is 7.51. The summed E-state index contributed by atoms with van der Waals surface area (Å²) in [6, 6.07) is 12.1. The molecular formula is C25H30Cl3N5. The first kappa shape index (κ1) is 24.3. The van der Waals surface area contributed by atoms with Crippen LogP contribution in [0.25, 0.3) is 10.9 Å². The molecule has 176 valence electrons. The summed E-state index contributed by atoms with van der Waals surface area (Å²) in [7, 11) is 4.04. The lowest BCUT2D eigenvalue weighted by Crippen LogP contribution is -2.32. The van der Waals surface area contributed by atoms with Crippen molar-refractivity contribution in [3.63, 3.8) is 0 Å². The maximum absolute atomic E-state index is 6.30. The molecule has 0 amide bonds. The molecule has 0 spiro atoms. The number of aromatic nitrogens is 2. The van der Waals surface area contributed by atoms with Crippen LogP contribution in [-0.4, -0.2) is 43.2 Å². The molecule has 2 aromatic carbocycles. The molecule has 0 aliphatic heterocycles. The van der Waals surface area contributed by atoms with Gasteiger partial charge in [-0.1, -0.05) is 46.9 Å². The number of hydrogen-bond acceptors (Lipinski definition) is 5. The van der Waals surface area contributed by atoms with Crippen LogP contribution in [0.2, 0.25) is 15.1 Å². The molecule has 0 atom stereocenters. The normalized spacial score (nSPS) is 18.5. The summed E-state index contributed by atoms with van der Waals surface area (Å²) < 4.78 is 0. The topological polar surface area (TPSA) is 53.1 Å². The molecule has 1 heterocycles. The Hall–Kier alpha value is -1.79. The fraction of sp³-hybridized carbons (Fsp3) is 0.440. The SMILES string of the molecule is CN(C)c1nc(N[C@H]2CC[C@@H](CNCCc3c(Cl)ccc(Cl)c3Cl)CC2)nc2ccccc12. The molecule has 0 radical (unpaired) electrons. The average molecular weight is 507 g/mol. The molecule has 8 heteroatoms. The number of fused-ring (bicyclic) bond motifs is 1. The van der Waals surface area contributed by atoms with Crippen LogP contribution in [0.3, 0.4) is 0 Å². The van der Waals surface area contributed by atoms with Gasteiger partial charge in [-0.3, -0.25) is 0 Å². The molecule has 5 nitrogen and oxygen atoms in total. The van der Waals surface area contributed by atoms with E-state index < -0.39 is 0 Å². The van der Waals surface area contributed by atoms with Crippen LogP contribution in [0.15, 0.2) is 36.4 Å². The van der Waals surface area contributed by atoms with Gasteiger partial charge in [0.15, 0.2) is 0 Å². The molecule has 1 aliphatic rings. The minimum atomic E-state index is 0.404. The summed E-state index contributed by atoms with van der Waals surface area (Å²) in [4.78, 5) is 11.6. The van der Waals surface area contributed by atoms with Gasteiger partial charge in [-0.15, -0.1) is 0 Å². The van der Waals surface area contributed by atoms with Crippen molar-refractivity contribution < 1.29 is 0 Å². The van der Waals surface area contributed by atoms with E-state index in [1.165, 1.54) is 12.8 Å². The second-order valence-corrected chi connectivity index (χ2v) is 10.1. The second-order valence-electron chi connectivity index (χ2n) is 8.92. The van der Waals surface area contributed by atoms with E-state index in [1.54, 1.807) is 12.1 Å².